The zero-order valence-corrected chi connectivity index (χ0v) is 12.7. The number of amides is 1. The number of nitriles is 1. The maximum Gasteiger partial charge on any atom is 0.270 e. The minimum absolute atomic E-state index is 0.259. The molecule has 1 aromatic heterocycles. The number of nitrogens with zero attached hydrogens (tertiary/aromatic N) is 3. The van der Waals surface area contributed by atoms with Crippen molar-refractivity contribution in [1.29, 1.82) is 5.26 Å². The molecule has 0 radical (unpaired) electrons. The second-order valence-electron chi connectivity index (χ2n) is 4.67. The first kappa shape index (κ1) is 16.4. The molecule has 0 saturated carbocycles. The summed E-state index contributed by atoms with van der Waals surface area (Å²) in [6, 6.07) is 10.7. The van der Waals surface area contributed by atoms with E-state index in [0.717, 1.165) is 6.42 Å². The van der Waals surface area contributed by atoms with Crippen LogP contribution >= 0.6 is 0 Å². The summed E-state index contributed by atoms with van der Waals surface area (Å²) in [4.78, 5) is 20.0. The summed E-state index contributed by atoms with van der Waals surface area (Å²) in [6.07, 6.45) is 2.04. The number of aromatic nitrogens is 2. The largest absolute Gasteiger partial charge is 0.385 e. The Morgan fingerprint density at radius 3 is 2.96 bits per heavy atom. The van der Waals surface area contributed by atoms with Gasteiger partial charge in [-0.1, -0.05) is 12.1 Å². The summed E-state index contributed by atoms with van der Waals surface area (Å²) < 4.78 is 4.92. The molecule has 0 atom stereocenters. The third-order valence-corrected chi connectivity index (χ3v) is 3.02. The Morgan fingerprint density at radius 1 is 1.35 bits per heavy atom. The minimum atomic E-state index is -0.278. The van der Waals surface area contributed by atoms with Crippen LogP contribution in [0.5, 0.6) is 0 Å². The molecule has 23 heavy (non-hydrogen) atoms. The van der Waals surface area contributed by atoms with Crippen molar-refractivity contribution in [1.82, 2.24) is 15.3 Å². The van der Waals surface area contributed by atoms with E-state index in [-0.39, 0.29) is 11.6 Å². The van der Waals surface area contributed by atoms with Crippen LogP contribution < -0.4 is 10.6 Å². The molecule has 0 fully saturated rings. The number of benzene rings is 1. The molecule has 0 aliphatic heterocycles. The topological polar surface area (TPSA) is 99.9 Å². The average molecular weight is 311 g/mol. The fraction of sp³-hybridized carbons (Fsp3) is 0.250. The first-order valence-corrected chi connectivity index (χ1v) is 7.10. The fourth-order valence-electron chi connectivity index (χ4n) is 1.89. The van der Waals surface area contributed by atoms with Gasteiger partial charge in [-0.05, 0) is 18.6 Å². The van der Waals surface area contributed by atoms with E-state index >= 15 is 0 Å². The highest BCUT2D eigenvalue weighted by Crippen LogP contribution is 2.18. The summed E-state index contributed by atoms with van der Waals surface area (Å²) in [5.41, 5.74) is 1.38. The maximum absolute atomic E-state index is 12.0. The molecule has 0 aliphatic carbocycles. The van der Waals surface area contributed by atoms with E-state index in [1.54, 1.807) is 31.4 Å². The van der Waals surface area contributed by atoms with Crippen molar-refractivity contribution in [3.8, 4) is 6.07 Å². The Morgan fingerprint density at radius 2 is 2.17 bits per heavy atom. The first-order valence-electron chi connectivity index (χ1n) is 7.10. The smallest absolute Gasteiger partial charge is 0.270 e. The molecule has 0 unspecified atom stereocenters. The van der Waals surface area contributed by atoms with Crippen LogP contribution in [0.25, 0.3) is 0 Å². The molecule has 7 heteroatoms. The van der Waals surface area contributed by atoms with Crippen molar-refractivity contribution in [3.05, 3.63) is 47.9 Å². The molecular formula is C16H17N5O2. The van der Waals surface area contributed by atoms with Crippen LogP contribution in [0.2, 0.25) is 0 Å². The predicted molar refractivity (Wildman–Crippen MR) is 85.3 cm³/mol. The van der Waals surface area contributed by atoms with Gasteiger partial charge in [-0.2, -0.15) is 5.26 Å². The summed E-state index contributed by atoms with van der Waals surface area (Å²) in [5, 5.41) is 14.9. The van der Waals surface area contributed by atoms with Crippen LogP contribution in [0.15, 0.2) is 36.7 Å². The van der Waals surface area contributed by atoms with Gasteiger partial charge in [-0.25, -0.2) is 9.97 Å². The van der Waals surface area contributed by atoms with Gasteiger partial charge >= 0.3 is 0 Å². The fourth-order valence-corrected chi connectivity index (χ4v) is 1.89. The normalized spacial score (nSPS) is 9.91. The van der Waals surface area contributed by atoms with Gasteiger partial charge in [-0.15, -0.1) is 0 Å². The van der Waals surface area contributed by atoms with Crippen molar-refractivity contribution in [2.24, 2.45) is 0 Å². The molecule has 1 amide bonds. The number of rotatable bonds is 7. The van der Waals surface area contributed by atoms with E-state index in [9.17, 15) is 4.79 Å². The zero-order chi connectivity index (χ0) is 16.5. The lowest BCUT2D eigenvalue weighted by atomic mass is 10.2. The van der Waals surface area contributed by atoms with Crippen molar-refractivity contribution >= 4 is 17.4 Å². The van der Waals surface area contributed by atoms with Gasteiger partial charge in [-0.3, -0.25) is 4.79 Å². The number of hydrogen-bond acceptors (Lipinski definition) is 6. The zero-order valence-electron chi connectivity index (χ0n) is 12.7. The number of ether oxygens (including phenoxy) is 1. The molecule has 0 saturated heterocycles. The Kier molecular flexibility index (Phi) is 6.03. The van der Waals surface area contributed by atoms with Crippen molar-refractivity contribution in [2.75, 3.05) is 25.6 Å². The third kappa shape index (κ3) is 4.76. The van der Waals surface area contributed by atoms with Crippen LogP contribution in [0.3, 0.4) is 0 Å². The molecule has 2 rings (SSSR count). The van der Waals surface area contributed by atoms with Crippen molar-refractivity contribution in [3.63, 3.8) is 0 Å². The number of nitrogens with one attached hydrogen (secondary N) is 2. The first-order chi connectivity index (χ1) is 11.2. The average Bonchev–Trinajstić information content (AvgIpc) is 2.59. The molecule has 0 spiro atoms. The molecule has 2 aromatic rings. The summed E-state index contributed by atoms with van der Waals surface area (Å²) in [6.45, 7) is 1.10. The van der Waals surface area contributed by atoms with Gasteiger partial charge in [0.1, 0.15) is 23.9 Å². The molecule has 1 heterocycles. The third-order valence-electron chi connectivity index (χ3n) is 3.02. The summed E-state index contributed by atoms with van der Waals surface area (Å²) in [5.74, 6) is 0.171. The van der Waals surface area contributed by atoms with E-state index in [2.05, 4.69) is 26.7 Å². The van der Waals surface area contributed by atoms with Crippen LogP contribution in [-0.2, 0) is 4.74 Å². The lowest BCUT2D eigenvalue weighted by Gasteiger charge is -2.08. The van der Waals surface area contributed by atoms with Gasteiger partial charge in [0.2, 0.25) is 0 Å². The quantitative estimate of drug-likeness (QED) is 0.757. The molecule has 2 N–H and O–H groups in total. The predicted octanol–water partition coefficient (Wildman–Crippen LogP) is 1.86. The highest BCUT2D eigenvalue weighted by atomic mass is 16.5. The Labute approximate surface area is 134 Å². The second-order valence-corrected chi connectivity index (χ2v) is 4.67. The van der Waals surface area contributed by atoms with Gasteiger partial charge in [0, 0.05) is 26.3 Å². The molecule has 118 valence electrons. The van der Waals surface area contributed by atoms with Crippen LogP contribution in [0.1, 0.15) is 22.5 Å². The van der Waals surface area contributed by atoms with E-state index < -0.39 is 0 Å². The summed E-state index contributed by atoms with van der Waals surface area (Å²) in [7, 11) is 1.61. The number of carbonyl (C=O) groups is 1. The van der Waals surface area contributed by atoms with Gasteiger partial charge in [0.25, 0.3) is 5.91 Å². The van der Waals surface area contributed by atoms with Gasteiger partial charge in [0.05, 0.1) is 11.3 Å². The molecular weight excluding hydrogens is 294 g/mol. The van der Waals surface area contributed by atoms with Gasteiger partial charge < -0.3 is 15.4 Å². The monoisotopic (exact) mass is 311 g/mol. The van der Waals surface area contributed by atoms with Crippen molar-refractivity contribution < 1.29 is 9.53 Å². The van der Waals surface area contributed by atoms with E-state index in [0.29, 0.717) is 30.2 Å². The summed E-state index contributed by atoms with van der Waals surface area (Å²) >= 11 is 0. The maximum atomic E-state index is 12.0. The minimum Gasteiger partial charge on any atom is -0.385 e. The Bertz CT molecular complexity index is 712. The molecule has 0 bridgehead atoms. The van der Waals surface area contributed by atoms with E-state index in [4.69, 9.17) is 10.00 Å². The van der Waals surface area contributed by atoms with E-state index in [1.807, 2.05) is 6.07 Å². The highest BCUT2D eigenvalue weighted by molar-refractivity contribution is 5.93. The standard InChI is InChI=1S/C16H17N5O2/c1-23-8-4-7-18-16(22)14-9-15(20-11-19-14)21-13-6-3-2-5-12(13)10-17/h2-3,5-6,9,11H,4,7-8H2,1H3,(H,18,22)(H,19,20,21). The molecule has 0 aliphatic rings. The molecule has 1 aromatic carbocycles. The number of hydrogen-bond donors (Lipinski definition) is 2. The Balaban J connectivity index is 2.05. The lowest BCUT2D eigenvalue weighted by molar-refractivity contribution is 0.0943. The van der Waals surface area contributed by atoms with Gasteiger partial charge in [0.15, 0.2) is 0 Å². The van der Waals surface area contributed by atoms with E-state index in [1.165, 1.54) is 6.33 Å². The second kappa shape index (κ2) is 8.46. The number of methoxy groups -OCH3 is 1. The van der Waals surface area contributed by atoms with Crippen LogP contribution in [0, 0.1) is 11.3 Å². The van der Waals surface area contributed by atoms with Crippen molar-refractivity contribution in [2.45, 2.75) is 6.42 Å². The lowest BCUT2D eigenvalue weighted by Crippen LogP contribution is -2.26. The van der Waals surface area contributed by atoms with Crippen LogP contribution in [0.4, 0.5) is 11.5 Å². The van der Waals surface area contributed by atoms with Crippen LogP contribution in [-0.4, -0.2) is 36.1 Å². The number of carbonyl (C=O) groups excluding carboxylic acids is 1. The molecule has 7 nitrogen and oxygen atoms in total. The highest BCUT2D eigenvalue weighted by Gasteiger charge is 2.09. The Hall–Kier alpha value is -2.98. The number of anilines is 2. The number of para-hydroxylation sites is 1. The SMILES string of the molecule is COCCCNC(=O)c1cc(Nc2ccccc2C#N)ncn1.